The molecule has 0 bridgehead atoms. The maximum absolute atomic E-state index is 13.6. The van der Waals surface area contributed by atoms with E-state index in [2.05, 4.69) is 16.0 Å². The van der Waals surface area contributed by atoms with Crippen LogP contribution in [0.5, 0.6) is 0 Å². The summed E-state index contributed by atoms with van der Waals surface area (Å²) in [6.45, 7) is 6.69. The zero-order chi connectivity index (χ0) is 30.1. The summed E-state index contributed by atoms with van der Waals surface area (Å²) in [6.07, 6.45) is -3.09. The normalized spacial score (nSPS) is 24.6. The minimum atomic E-state index is -4.46. The number of carbonyl (C=O) groups excluding carboxylic acids is 2. The molecule has 0 saturated carbocycles. The average Bonchev–Trinajstić information content (AvgIpc) is 2.94. The summed E-state index contributed by atoms with van der Waals surface area (Å²) in [6, 6.07) is 13.1. The number of piperidine rings is 1. The molecule has 3 amide bonds. The van der Waals surface area contributed by atoms with Gasteiger partial charge in [0, 0.05) is 42.8 Å². The lowest BCUT2D eigenvalue weighted by Crippen LogP contribution is -2.51. The second-order valence-corrected chi connectivity index (χ2v) is 12.3. The van der Waals surface area contributed by atoms with Crippen molar-refractivity contribution in [3.8, 4) is 0 Å². The zero-order valence-corrected chi connectivity index (χ0v) is 24.2. The molecule has 3 aliphatic heterocycles. The molecule has 2 saturated heterocycles. The van der Waals surface area contributed by atoms with Crippen molar-refractivity contribution in [2.75, 3.05) is 25.0 Å². The molecule has 0 aliphatic carbocycles. The van der Waals surface area contributed by atoms with Crippen LogP contribution in [0, 0.1) is 5.92 Å². The van der Waals surface area contributed by atoms with Crippen LogP contribution in [0.3, 0.4) is 0 Å². The molecule has 3 aliphatic rings. The third kappa shape index (κ3) is 7.11. The van der Waals surface area contributed by atoms with E-state index in [1.165, 1.54) is 12.1 Å². The first-order valence-corrected chi connectivity index (χ1v) is 14.6. The quantitative estimate of drug-likeness (QED) is 0.384. The number of likely N-dealkylation sites (tertiary alicyclic amines) is 1. The highest BCUT2D eigenvalue weighted by Crippen LogP contribution is 2.51. The number of nitrogens with zero attached hydrogens (tertiary/aromatic N) is 1. The summed E-state index contributed by atoms with van der Waals surface area (Å²) in [5, 5.41) is 9.32. The molecule has 2 aromatic rings. The maximum Gasteiger partial charge on any atom is 0.416 e. The highest BCUT2D eigenvalue weighted by Gasteiger charge is 2.43. The summed E-state index contributed by atoms with van der Waals surface area (Å²) in [4.78, 5) is 26.7. The number of ether oxygens (including phenoxy) is 2. The lowest BCUT2D eigenvalue weighted by atomic mass is 9.76. The van der Waals surface area contributed by atoms with Crippen LogP contribution in [0.25, 0.3) is 0 Å². The van der Waals surface area contributed by atoms with E-state index in [4.69, 9.17) is 9.47 Å². The largest absolute Gasteiger partial charge is 0.444 e. The minimum Gasteiger partial charge on any atom is -0.444 e. The van der Waals surface area contributed by atoms with Crippen LogP contribution in [0.1, 0.15) is 75.3 Å². The molecular weight excluding hydrogens is 549 g/mol. The molecule has 2 aromatic carbocycles. The molecule has 42 heavy (non-hydrogen) atoms. The molecular formula is C31H39F3N4O4. The first kappa shape index (κ1) is 30.0. The third-order valence-corrected chi connectivity index (χ3v) is 8.11. The number of hydrogen-bond donors (Lipinski definition) is 3. The third-order valence-electron chi connectivity index (χ3n) is 8.11. The molecule has 11 heteroatoms. The van der Waals surface area contributed by atoms with E-state index in [1.54, 1.807) is 4.90 Å². The van der Waals surface area contributed by atoms with E-state index in [-0.39, 0.29) is 42.8 Å². The number of alkyl halides is 3. The van der Waals surface area contributed by atoms with E-state index in [0.717, 1.165) is 18.1 Å². The van der Waals surface area contributed by atoms with Gasteiger partial charge in [-0.1, -0.05) is 30.3 Å². The standard InChI is InChI=1S/C31H39F3N4O4/c1-30(2,3)42-29(40)38-15-13-21(14-16-38)36-28(39)35-18-22-10-11-23-26(19-7-5-4-6-8-19)37-25-12-9-20(31(32,33)34)17-24(25)27(23)41-22/h4-9,12,17,21-23,26-27,37H,10-11,13-16,18H2,1-3H3,(H2,35,36,39)/t22-,23+,26+,27+/m1/s1. The van der Waals surface area contributed by atoms with Gasteiger partial charge in [0.15, 0.2) is 0 Å². The fourth-order valence-corrected chi connectivity index (χ4v) is 6.05. The summed E-state index contributed by atoms with van der Waals surface area (Å²) < 4.78 is 52.6. The van der Waals surface area contributed by atoms with Gasteiger partial charge >= 0.3 is 18.3 Å². The number of halogens is 3. The summed E-state index contributed by atoms with van der Waals surface area (Å²) in [5.74, 6) is -0.0661. The number of anilines is 1. The summed E-state index contributed by atoms with van der Waals surface area (Å²) >= 11 is 0. The number of hydrogen-bond acceptors (Lipinski definition) is 5. The Bertz CT molecular complexity index is 1260. The van der Waals surface area contributed by atoms with E-state index in [9.17, 15) is 22.8 Å². The van der Waals surface area contributed by atoms with Gasteiger partial charge in [-0.2, -0.15) is 13.2 Å². The van der Waals surface area contributed by atoms with E-state index < -0.39 is 23.4 Å². The molecule has 3 heterocycles. The summed E-state index contributed by atoms with van der Waals surface area (Å²) in [7, 11) is 0. The Hall–Kier alpha value is -3.47. The van der Waals surface area contributed by atoms with E-state index in [1.807, 2.05) is 51.1 Å². The van der Waals surface area contributed by atoms with Crippen LogP contribution >= 0.6 is 0 Å². The van der Waals surface area contributed by atoms with Crippen LogP contribution in [0.15, 0.2) is 48.5 Å². The Morgan fingerprint density at radius 3 is 2.40 bits per heavy atom. The molecule has 8 nitrogen and oxygen atoms in total. The number of rotatable bonds is 4. The smallest absolute Gasteiger partial charge is 0.416 e. The van der Waals surface area contributed by atoms with Gasteiger partial charge in [0.05, 0.1) is 23.8 Å². The number of fused-ring (bicyclic) bond motifs is 3. The van der Waals surface area contributed by atoms with Crippen molar-refractivity contribution in [3.63, 3.8) is 0 Å². The number of amides is 3. The molecule has 0 radical (unpaired) electrons. The Labute approximate surface area is 244 Å². The van der Waals surface area contributed by atoms with Crippen molar-refractivity contribution in [1.29, 1.82) is 0 Å². The van der Waals surface area contributed by atoms with Gasteiger partial charge in [0.1, 0.15) is 5.60 Å². The van der Waals surface area contributed by atoms with Gasteiger partial charge in [-0.05, 0) is 70.2 Å². The van der Waals surface area contributed by atoms with Crippen LogP contribution in [-0.4, -0.2) is 54.4 Å². The SMILES string of the molecule is CC(C)(C)OC(=O)N1CCC(NC(=O)NC[C@H]2CC[C@@H]3[C@H](O2)c2cc(C(F)(F)F)ccc2N[C@H]3c2ccccc2)CC1. The Morgan fingerprint density at radius 1 is 1.02 bits per heavy atom. The van der Waals surface area contributed by atoms with Crippen molar-refractivity contribution in [3.05, 3.63) is 65.2 Å². The Balaban J connectivity index is 1.19. The van der Waals surface area contributed by atoms with E-state index in [0.29, 0.717) is 43.6 Å². The molecule has 228 valence electrons. The van der Waals surface area contributed by atoms with Gasteiger partial charge in [0.2, 0.25) is 0 Å². The monoisotopic (exact) mass is 588 g/mol. The molecule has 2 fully saturated rings. The molecule has 5 rings (SSSR count). The van der Waals surface area contributed by atoms with Crippen molar-refractivity contribution >= 4 is 17.8 Å². The van der Waals surface area contributed by atoms with Crippen LogP contribution < -0.4 is 16.0 Å². The maximum atomic E-state index is 13.6. The molecule has 0 aromatic heterocycles. The average molecular weight is 589 g/mol. The molecule has 3 N–H and O–H groups in total. The first-order valence-electron chi connectivity index (χ1n) is 14.6. The molecule has 0 unspecified atom stereocenters. The second kappa shape index (κ2) is 12.0. The molecule has 4 atom stereocenters. The van der Waals surface area contributed by atoms with Gasteiger partial charge in [0.25, 0.3) is 0 Å². The first-order chi connectivity index (χ1) is 19.9. The Kier molecular flexibility index (Phi) is 8.59. The number of nitrogens with one attached hydrogen (secondary N) is 3. The van der Waals surface area contributed by atoms with Gasteiger partial charge in [-0.25, -0.2) is 9.59 Å². The summed E-state index contributed by atoms with van der Waals surface area (Å²) in [5.41, 5.74) is 0.901. The van der Waals surface area contributed by atoms with Crippen molar-refractivity contribution < 1.29 is 32.2 Å². The predicted octanol–water partition coefficient (Wildman–Crippen LogP) is 6.41. The highest BCUT2D eigenvalue weighted by molar-refractivity contribution is 5.74. The predicted molar refractivity (Wildman–Crippen MR) is 152 cm³/mol. The fraction of sp³-hybridized carbons (Fsp3) is 0.548. The second-order valence-electron chi connectivity index (χ2n) is 12.3. The lowest BCUT2D eigenvalue weighted by Gasteiger charge is -2.46. The van der Waals surface area contributed by atoms with Crippen molar-refractivity contribution in [1.82, 2.24) is 15.5 Å². The van der Waals surface area contributed by atoms with Gasteiger partial charge < -0.3 is 30.3 Å². The van der Waals surface area contributed by atoms with Crippen molar-refractivity contribution in [2.45, 2.75) is 82.5 Å². The van der Waals surface area contributed by atoms with Crippen LogP contribution in [0.4, 0.5) is 28.4 Å². The topological polar surface area (TPSA) is 91.9 Å². The number of urea groups is 1. The highest BCUT2D eigenvalue weighted by atomic mass is 19.4. The number of benzene rings is 2. The van der Waals surface area contributed by atoms with Crippen LogP contribution in [0.2, 0.25) is 0 Å². The Morgan fingerprint density at radius 2 is 1.74 bits per heavy atom. The number of carbonyl (C=O) groups is 2. The van der Waals surface area contributed by atoms with Gasteiger partial charge in [-0.15, -0.1) is 0 Å². The van der Waals surface area contributed by atoms with Crippen LogP contribution in [-0.2, 0) is 15.7 Å². The van der Waals surface area contributed by atoms with Gasteiger partial charge in [-0.3, -0.25) is 0 Å². The lowest BCUT2D eigenvalue weighted by molar-refractivity contribution is -0.138. The fourth-order valence-electron chi connectivity index (χ4n) is 6.05. The molecule has 0 spiro atoms. The minimum absolute atomic E-state index is 0.0661. The van der Waals surface area contributed by atoms with E-state index >= 15 is 0 Å². The van der Waals surface area contributed by atoms with Crippen molar-refractivity contribution in [2.24, 2.45) is 5.92 Å². The zero-order valence-electron chi connectivity index (χ0n) is 24.2.